The molecule has 2 saturated heterocycles. The first-order valence-electron chi connectivity index (χ1n) is 11.2. The summed E-state index contributed by atoms with van der Waals surface area (Å²) in [5, 5.41) is 3.50. The number of benzene rings is 2. The molecule has 1 N–H and O–H groups in total. The van der Waals surface area contributed by atoms with Gasteiger partial charge in [-0.05, 0) is 17.5 Å². The molecular weight excluding hydrogens is 388 g/mol. The first-order chi connectivity index (χ1) is 15.3. The van der Waals surface area contributed by atoms with E-state index < -0.39 is 0 Å². The molecule has 2 aliphatic heterocycles. The van der Waals surface area contributed by atoms with Crippen LogP contribution in [0.15, 0.2) is 65.7 Å². The lowest BCUT2D eigenvalue weighted by Gasteiger charge is -2.31. The normalized spacial score (nSPS) is 20.5. The number of likely N-dealkylation sites (tertiary alicyclic amines) is 1. The van der Waals surface area contributed by atoms with Gasteiger partial charge in [-0.25, -0.2) is 0 Å². The van der Waals surface area contributed by atoms with Gasteiger partial charge in [-0.1, -0.05) is 60.7 Å². The molecule has 164 valence electrons. The Kier molecular flexibility index (Phi) is 7.20. The van der Waals surface area contributed by atoms with Gasteiger partial charge in [0.15, 0.2) is 5.96 Å². The molecule has 2 fully saturated rings. The molecule has 0 saturated carbocycles. The monoisotopic (exact) mass is 420 g/mol. The van der Waals surface area contributed by atoms with Crippen molar-refractivity contribution in [2.45, 2.75) is 18.3 Å². The van der Waals surface area contributed by atoms with Gasteiger partial charge in [-0.3, -0.25) is 9.79 Å². The summed E-state index contributed by atoms with van der Waals surface area (Å²) in [5.41, 5.74) is 2.41. The Morgan fingerprint density at radius 3 is 2.39 bits per heavy atom. The van der Waals surface area contributed by atoms with Crippen LogP contribution >= 0.6 is 0 Å². The Labute approximate surface area is 184 Å². The number of nitrogens with one attached hydrogen (secondary N) is 1. The summed E-state index contributed by atoms with van der Waals surface area (Å²) in [4.78, 5) is 22.1. The third-order valence-corrected chi connectivity index (χ3v) is 6.26. The molecule has 1 amide bonds. The standard InChI is InChI=1S/C25H32N4O2/c1-26-25(29-13-12-22(19-29)20-8-4-2-5-9-20)27-18-23(21-10-6-3-7-11-21)24(30)28-14-16-31-17-15-28/h2-11,22-23H,12-19H2,1H3,(H,26,27). The van der Waals surface area contributed by atoms with E-state index in [2.05, 4.69) is 45.5 Å². The zero-order valence-corrected chi connectivity index (χ0v) is 18.2. The zero-order chi connectivity index (χ0) is 21.5. The average molecular weight is 421 g/mol. The Hall–Kier alpha value is -2.86. The average Bonchev–Trinajstić information content (AvgIpc) is 3.33. The SMILES string of the molecule is CN=C(NCC(C(=O)N1CCOCC1)c1ccccc1)N1CCC(c2ccccc2)C1. The number of amides is 1. The summed E-state index contributed by atoms with van der Waals surface area (Å²) in [6.07, 6.45) is 1.11. The number of rotatable bonds is 5. The molecule has 0 aliphatic carbocycles. The van der Waals surface area contributed by atoms with Crippen LogP contribution in [0, 0.1) is 0 Å². The molecule has 0 spiro atoms. The summed E-state index contributed by atoms with van der Waals surface area (Å²) < 4.78 is 5.43. The smallest absolute Gasteiger partial charge is 0.232 e. The summed E-state index contributed by atoms with van der Waals surface area (Å²) in [6.45, 7) is 4.96. The Balaban J connectivity index is 1.42. The molecule has 2 heterocycles. The van der Waals surface area contributed by atoms with Gasteiger partial charge >= 0.3 is 0 Å². The van der Waals surface area contributed by atoms with Crippen molar-refractivity contribution in [2.75, 3.05) is 53.0 Å². The van der Waals surface area contributed by atoms with Crippen LogP contribution in [0.3, 0.4) is 0 Å². The minimum Gasteiger partial charge on any atom is -0.378 e. The van der Waals surface area contributed by atoms with Crippen molar-refractivity contribution in [2.24, 2.45) is 4.99 Å². The lowest BCUT2D eigenvalue weighted by molar-refractivity contribution is -0.136. The fourth-order valence-corrected chi connectivity index (χ4v) is 4.51. The van der Waals surface area contributed by atoms with Gasteiger partial charge in [-0.2, -0.15) is 0 Å². The second-order valence-electron chi connectivity index (χ2n) is 8.17. The number of ether oxygens (including phenoxy) is 1. The minimum atomic E-state index is -0.247. The summed E-state index contributed by atoms with van der Waals surface area (Å²) >= 11 is 0. The number of nitrogens with zero attached hydrogens (tertiary/aromatic N) is 3. The molecule has 2 aromatic carbocycles. The molecule has 0 bridgehead atoms. The molecule has 2 atom stereocenters. The van der Waals surface area contributed by atoms with Crippen molar-refractivity contribution in [3.05, 3.63) is 71.8 Å². The van der Waals surface area contributed by atoms with Crippen molar-refractivity contribution in [3.8, 4) is 0 Å². The molecule has 6 heteroatoms. The van der Waals surface area contributed by atoms with Crippen LogP contribution in [-0.2, 0) is 9.53 Å². The molecule has 0 radical (unpaired) electrons. The Morgan fingerprint density at radius 1 is 1.03 bits per heavy atom. The van der Waals surface area contributed by atoms with Crippen LogP contribution in [0.2, 0.25) is 0 Å². The number of hydrogen-bond donors (Lipinski definition) is 1. The highest BCUT2D eigenvalue weighted by atomic mass is 16.5. The predicted octanol–water partition coefficient (Wildman–Crippen LogP) is 2.69. The van der Waals surface area contributed by atoms with E-state index >= 15 is 0 Å². The van der Waals surface area contributed by atoms with Gasteiger partial charge in [0.05, 0.1) is 19.1 Å². The van der Waals surface area contributed by atoms with Crippen molar-refractivity contribution in [1.82, 2.24) is 15.1 Å². The van der Waals surface area contributed by atoms with Gasteiger partial charge in [-0.15, -0.1) is 0 Å². The fraction of sp³-hybridized carbons (Fsp3) is 0.440. The van der Waals surface area contributed by atoms with E-state index in [1.807, 2.05) is 42.3 Å². The second-order valence-corrected chi connectivity index (χ2v) is 8.17. The maximum absolute atomic E-state index is 13.3. The largest absolute Gasteiger partial charge is 0.378 e. The maximum atomic E-state index is 13.3. The van der Waals surface area contributed by atoms with Gasteiger partial charge in [0, 0.05) is 45.7 Å². The highest BCUT2D eigenvalue weighted by Gasteiger charge is 2.29. The molecule has 4 rings (SSSR count). The molecule has 6 nitrogen and oxygen atoms in total. The molecule has 0 aromatic heterocycles. The van der Waals surface area contributed by atoms with E-state index in [1.54, 1.807) is 0 Å². The van der Waals surface area contributed by atoms with Gasteiger partial charge in [0.25, 0.3) is 0 Å². The van der Waals surface area contributed by atoms with E-state index in [-0.39, 0.29) is 11.8 Å². The van der Waals surface area contributed by atoms with Crippen LogP contribution in [0.1, 0.15) is 29.4 Å². The molecule has 2 unspecified atom stereocenters. The van der Waals surface area contributed by atoms with Crippen molar-refractivity contribution < 1.29 is 9.53 Å². The first kappa shape index (κ1) is 21.4. The fourth-order valence-electron chi connectivity index (χ4n) is 4.51. The lowest BCUT2D eigenvalue weighted by Crippen LogP contribution is -2.47. The van der Waals surface area contributed by atoms with Crippen LogP contribution < -0.4 is 5.32 Å². The summed E-state index contributed by atoms with van der Waals surface area (Å²) in [6, 6.07) is 20.7. The molecule has 31 heavy (non-hydrogen) atoms. The molecule has 2 aromatic rings. The van der Waals surface area contributed by atoms with Crippen LogP contribution in [0.5, 0.6) is 0 Å². The third kappa shape index (κ3) is 5.25. The maximum Gasteiger partial charge on any atom is 0.232 e. The van der Waals surface area contributed by atoms with Crippen LogP contribution in [0.25, 0.3) is 0 Å². The topological polar surface area (TPSA) is 57.2 Å². The van der Waals surface area contributed by atoms with Crippen molar-refractivity contribution in [3.63, 3.8) is 0 Å². The number of carbonyl (C=O) groups is 1. The quantitative estimate of drug-likeness (QED) is 0.597. The van der Waals surface area contributed by atoms with Gasteiger partial charge in [0.1, 0.15) is 0 Å². The number of morpholine rings is 1. The highest BCUT2D eigenvalue weighted by molar-refractivity contribution is 5.86. The Morgan fingerprint density at radius 2 is 1.71 bits per heavy atom. The number of hydrogen-bond acceptors (Lipinski definition) is 3. The van der Waals surface area contributed by atoms with Crippen molar-refractivity contribution >= 4 is 11.9 Å². The molecular formula is C25H32N4O2. The highest BCUT2D eigenvalue weighted by Crippen LogP contribution is 2.27. The first-order valence-corrected chi connectivity index (χ1v) is 11.2. The zero-order valence-electron chi connectivity index (χ0n) is 18.2. The summed E-state index contributed by atoms with van der Waals surface area (Å²) in [7, 11) is 1.82. The van der Waals surface area contributed by atoms with E-state index in [0.717, 1.165) is 31.0 Å². The third-order valence-electron chi connectivity index (χ3n) is 6.26. The van der Waals surface area contributed by atoms with Crippen LogP contribution in [0.4, 0.5) is 0 Å². The summed E-state index contributed by atoms with van der Waals surface area (Å²) in [5.74, 6) is 1.29. The second kappa shape index (κ2) is 10.4. The number of carbonyl (C=O) groups excluding carboxylic acids is 1. The van der Waals surface area contributed by atoms with E-state index in [1.165, 1.54) is 5.56 Å². The number of guanidine groups is 1. The van der Waals surface area contributed by atoms with Crippen LogP contribution in [-0.4, -0.2) is 74.7 Å². The van der Waals surface area contributed by atoms with E-state index in [9.17, 15) is 4.79 Å². The van der Waals surface area contributed by atoms with Gasteiger partial charge in [0.2, 0.25) is 5.91 Å². The predicted molar refractivity (Wildman–Crippen MR) is 123 cm³/mol. The van der Waals surface area contributed by atoms with Crippen molar-refractivity contribution in [1.29, 1.82) is 0 Å². The Bertz CT molecular complexity index is 866. The minimum absolute atomic E-state index is 0.154. The van der Waals surface area contributed by atoms with Gasteiger partial charge < -0.3 is 19.9 Å². The lowest BCUT2D eigenvalue weighted by atomic mass is 9.97. The van der Waals surface area contributed by atoms with E-state index in [0.29, 0.717) is 38.8 Å². The number of aliphatic imine (C=N–C) groups is 1. The van der Waals surface area contributed by atoms with E-state index in [4.69, 9.17) is 4.74 Å². The molecule has 2 aliphatic rings.